The number of aryl methyl sites for hydroxylation is 1. The van der Waals surface area contributed by atoms with Crippen LogP contribution in [-0.4, -0.2) is 0 Å². The van der Waals surface area contributed by atoms with E-state index < -0.39 is 0 Å². The van der Waals surface area contributed by atoms with E-state index in [0.717, 1.165) is 0 Å². The maximum atomic E-state index is 13.3. The van der Waals surface area contributed by atoms with Gasteiger partial charge in [0, 0.05) is 4.47 Å². The molecule has 2 rings (SSSR count). The second kappa shape index (κ2) is 4.94. The molecular formula is C13H11BrF2N2. The number of anilines is 3. The molecular weight excluding hydrogens is 302 g/mol. The molecule has 0 aliphatic rings. The van der Waals surface area contributed by atoms with Gasteiger partial charge in [0.05, 0.1) is 17.1 Å². The van der Waals surface area contributed by atoms with Crippen molar-refractivity contribution < 1.29 is 8.78 Å². The Kier molecular flexibility index (Phi) is 3.52. The van der Waals surface area contributed by atoms with Crippen molar-refractivity contribution in [1.82, 2.24) is 0 Å². The minimum atomic E-state index is -0.351. The second-order valence-corrected chi connectivity index (χ2v) is 4.79. The van der Waals surface area contributed by atoms with Gasteiger partial charge in [-0.3, -0.25) is 0 Å². The average Bonchev–Trinajstić information content (AvgIpc) is 2.29. The molecule has 5 heteroatoms. The number of hydrogen-bond donors (Lipinski definition) is 2. The zero-order valence-electron chi connectivity index (χ0n) is 9.60. The van der Waals surface area contributed by atoms with E-state index in [0.29, 0.717) is 27.1 Å². The van der Waals surface area contributed by atoms with Gasteiger partial charge in [-0.05, 0) is 58.7 Å². The molecule has 0 heterocycles. The van der Waals surface area contributed by atoms with Gasteiger partial charge >= 0.3 is 0 Å². The van der Waals surface area contributed by atoms with Gasteiger partial charge in [0.25, 0.3) is 0 Å². The lowest BCUT2D eigenvalue weighted by atomic mass is 10.1. The summed E-state index contributed by atoms with van der Waals surface area (Å²) in [5.74, 6) is -0.688. The number of benzene rings is 2. The Hall–Kier alpha value is -1.62. The molecule has 0 aromatic heterocycles. The van der Waals surface area contributed by atoms with Crippen LogP contribution in [0.3, 0.4) is 0 Å². The van der Waals surface area contributed by atoms with E-state index in [1.54, 1.807) is 19.1 Å². The van der Waals surface area contributed by atoms with Crippen molar-refractivity contribution in [3.8, 4) is 0 Å². The molecule has 0 radical (unpaired) electrons. The van der Waals surface area contributed by atoms with Gasteiger partial charge in [-0.2, -0.15) is 0 Å². The predicted molar refractivity (Wildman–Crippen MR) is 72.9 cm³/mol. The highest BCUT2D eigenvalue weighted by molar-refractivity contribution is 9.10. The molecule has 3 N–H and O–H groups in total. The molecule has 18 heavy (non-hydrogen) atoms. The molecule has 0 unspecified atom stereocenters. The molecule has 0 aliphatic heterocycles. The fraction of sp³-hybridized carbons (Fsp3) is 0.0769. The Morgan fingerprint density at radius 2 is 1.83 bits per heavy atom. The van der Waals surface area contributed by atoms with E-state index in [1.165, 1.54) is 18.2 Å². The number of hydrogen-bond acceptors (Lipinski definition) is 2. The Balaban J connectivity index is 2.37. The van der Waals surface area contributed by atoms with Crippen LogP contribution in [0.2, 0.25) is 0 Å². The fourth-order valence-corrected chi connectivity index (χ4v) is 1.99. The normalized spacial score (nSPS) is 10.4. The molecule has 0 bridgehead atoms. The van der Waals surface area contributed by atoms with Gasteiger partial charge in [0.2, 0.25) is 0 Å². The summed E-state index contributed by atoms with van der Waals surface area (Å²) in [6.45, 7) is 1.65. The van der Waals surface area contributed by atoms with Crippen molar-refractivity contribution in [3.63, 3.8) is 0 Å². The van der Waals surface area contributed by atoms with Gasteiger partial charge in [-0.1, -0.05) is 0 Å². The van der Waals surface area contributed by atoms with E-state index in [1.807, 2.05) is 0 Å². The van der Waals surface area contributed by atoms with E-state index in [9.17, 15) is 8.78 Å². The van der Waals surface area contributed by atoms with Crippen LogP contribution < -0.4 is 11.1 Å². The lowest BCUT2D eigenvalue weighted by Gasteiger charge is -2.12. The number of nitrogen functional groups attached to an aromatic ring is 1. The SMILES string of the molecule is Cc1cc(Nc2ccc(F)cc2Br)c(N)cc1F. The van der Waals surface area contributed by atoms with Crippen molar-refractivity contribution in [2.45, 2.75) is 6.92 Å². The van der Waals surface area contributed by atoms with E-state index in [-0.39, 0.29) is 11.6 Å². The van der Waals surface area contributed by atoms with Gasteiger partial charge < -0.3 is 11.1 Å². The summed E-state index contributed by atoms with van der Waals surface area (Å²) in [4.78, 5) is 0. The van der Waals surface area contributed by atoms with E-state index in [4.69, 9.17) is 5.73 Å². The van der Waals surface area contributed by atoms with Crippen LogP contribution in [0.5, 0.6) is 0 Å². The first-order chi connectivity index (χ1) is 8.47. The molecule has 2 aromatic carbocycles. The van der Waals surface area contributed by atoms with Crippen LogP contribution in [0.15, 0.2) is 34.8 Å². The summed E-state index contributed by atoms with van der Waals surface area (Å²) in [6.07, 6.45) is 0. The van der Waals surface area contributed by atoms with Crippen LogP contribution in [0.25, 0.3) is 0 Å². The molecule has 94 valence electrons. The molecule has 0 saturated carbocycles. The van der Waals surface area contributed by atoms with Crippen molar-refractivity contribution >= 4 is 33.0 Å². The minimum absolute atomic E-state index is 0.300. The maximum Gasteiger partial charge on any atom is 0.128 e. The zero-order chi connectivity index (χ0) is 13.3. The van der Waals surface area contributed by atoms with E-state index >= 15 is 0 Å². The second-order valence-electron chi connectivity index (χ2n) is 3.94. The van der Waals surface area contributed by atoms with Crippen molar-refractivity contribution in [2.24, 2.45) is 0 Å². The standard InChI is InChI=1S/C13H11BrF2N2/c1-7-4-13(11(17)6-10(7)16)18-12-3-2-8(15)5-9(12)14/h2-6,18H,17H2,1H3. The summed E-state index contributed by atoms with van der Waals surface area (Å²) in [7, 11) is 0. The van der Waals surface area contributed by atoms with Crippen molar-refractivity contribution in [3.05, 3.63) is 52.0 Å². The first-order valence-corrected chi connectivity index (χ1v) is 6.04. The highest BCUT2D eigenvalue weighted by Crippen LogP contribution is 2.30. The van der Waals surface area contributed by atoms with Gasteiger partial charge in [-0.15, -0.1) is 0 Å². The first kappa shape index (κ1) is 12.8. The summed E-state index contributed by atoms with van der Waals surface area (Å²) >= 11 is 3.24. The molecule has 0 fully saturated rings. The maximum absolute atomic E-state index is 13.3. The van der Waals surface area contributed by atoms with Crippen molar-refractivity contribution in [1.29, 1.82) is 0 Å². The predicted octanol–water partition coefficient (Wildman–Crippen LogP) is 4.36. The van der Waals surface area contributed by atoms with Gasteiger partial charge in [0.1, 0.15) is 11.6 Å². The van der Waals surface area contributed by atoms with E-state index in [2.05, 4.69) is 21.2 Å². The Morgan fingerprint density at radius 3 is 2.50 bits per heavy atom. The summed E-state index contributed by atoms with van der Waals surface area (Å²) in [5, 5.41) is 3.03. The molecule has 2 aromatic rings. The Labute approximate surface area is 112 Å². The topological polar surface area (TPSA) is 38.0 Å². The molecule has 0 aliphatic carbocycles. The third kappa shape index (κ3) is 2.61. The monoisotopic (exact) mass is 312 g/mol. The lowest BCUT2D eigenvalue weighted by molar-refractivity contribution is 0.619. The highest BCUT2D eigenvalue weighted by atomic mass is 79.9. The van der Waals surface area contributed by atoms with Crippen LogP contribution in [0.4, 0.5) is 25.8 Å². The third-order valence-electron chi connectivity index (χ3n) is 2.53. The number of rotatable bonds is 2. The fourth-order valence-electron chi connectivity index (χ4n) is 1.54. The summed E-state index contributed by atoms with van der Waals surface area (Å²) in [6, 6.07) is 7.13. The van der Waals surface area contributed by atoms with Crippen LogP contribution >= 0.6 is 15.9 Å². The molecule has 2 nitrogen and oxygen atoms in total. The quantitative estimate of drug-likeness (QED) is 0.808. The molecule has 0 atom stereocenters. The van der Waals surface area contributed by atoms with Gasteiger partial charge in [0.15, 0.2) is 0 Å². The molecule has 0 saturated heterocycles. The highest BCUT2D eigenvalue weighted by Gasteiger charge is 2.07. The number of nitrogens with one attached hydrogen (secondary N) is 1. The average molecular weight is 313 g/mol. The van der Waals surface area contributed by atoms with Crippen molar-refractivity contribution in [2.75, 3.05) is 11.1 Å². The largest absolute Gasteiger partial charge is 0.397 e. The number of halogens is 3. The first-order valence-electron chi connectivity index (χ1n) is 5.25. The lowest BCUT2D eigenvalue weighted by Crippen LogP contribution is -1.99. The van der Waals surface area contributed by atoms with Crippen LogP contribution in [0.1, 0.15) is 5.56 Å². The Bertz CT molecular complexity index is 600. The van der Waals surface area contributed by atoms with Crippen LogP contribution in [-0.2, 0) is 0 Å². The molecule has 0 spiro atoms. The molecule has 0 amide bonds. The summed E-state index contributed by atoms with van der Waals surface area (Å²) in [5.41, 5.74) is 7.76. The van der Waals surface area contributed by atoms with Crippen LogP contribution in [0, 0.1) is 18.6 Å². The number of nitrogens with two attached hydrogens (primary N) is 1. The zero-order valence-corrected chi connectivity index (χ0v) is 11.2. The summed E-state index contributed by atoms with van der Waals surface area (Å²) < 4.78 is 26.8. The Morgan fingerprint density at radius 1 is 1.11 bits per heavy atom. The minimum Gasteiger partial charge on any atom is -0.397 e. The smallest absolute Gasteiger partial charge is 0.128 e. The van der Waals surface area contributed by atoms with Gasteiger partial charge in [-0.25, -0.2) is 8.78 Å². The third-order valence-corrected chi connectivity index (χ3v) is 3.19.